The van der Waals surface area contributed by atoms with Crippen LogP contribution in [0.15, 0.2) is 47.4 Å². The van der Waals surface area contributed by atoms with Crippen molar-refractivity contribution in [3.05, 3.63) is 59.2 Å². The van der Waals surface area contributed by atoms with Gasteiger partial charge in [-0.3, -0.25) is 0 Å². The quantitative estimate of drug-likeness (QED) is 0.751. The monoisotopic (exact) mass is 348 g/mol. The molecule has 0 aromatic heterocycles. The fraction of sp³-hybridized carbons (Fsp3) is 0.278. The first-order valence-corrected chi connectivity index (χ1v) is 9.31. The molecule has 5 nitrogen and oxygen atoms in total. The van der Waals surface area contributed by atoms with Crippen molar-refractivity contribution in [3.63, 3.8) is 0 Å². The molecular weight excluding hydrogens is 328 g/mol. The van der Waals surface area contributed by atoms with E-state index in [1.54, 1.807) is 20.1 Å². The van der Waals surface area contributed by atoms with Crippen LogP contribution >= 0.6 is 0 Å². The molecule has 0 heterocycles. The first kappa shape index (κ1) is 18.0. The molecule has 0 amide bonds. The van der Waals surface area contributed by atoms with E-state index in [0.29, 0.717) is 12.0 Å². The molecule has 0 atom stereocenters. The first-order valence-electron chi connectivity index (χ1n) is 7.42. The van der Waals surface area contributed by atoms with E-state index >= 15 is 0 Å². The van der Waals surface area contributed by atoms with Gasteiger partial charge in [-0.05, 0) is 42.3 Å². The molecule has 0 aliphatic rings. The zero-order valence-electron chi connectivity index (χ0n) is 13.9. The maximum Gasteiger partial charge on any atom is 0.338 e. The standard InChI is InChI=1S/C18H20O5S/c1-13-4-9-16(24(3,20)21)12-17(13)18(19)23-11-10-14-5-7-15(22-2)8-6-14/h4-9,12H,10-11H2,1-3H3. The lowest BCUT2D eigenvalue weighted by Crippen LogP contribution is -2.11. The largest absolute Gasteiger partial charge is 0.497 e. The maximum absolute atomic E-state index is 12.2. The number of carbonyl (C=O) groups excluding carboxylic acids is 1. The van der Waals surface area contributed by atoms with Crippen LogP contribution in [-0.2, 0) is 21.0 Å². The van der Waals surface area contributed by atoms with Gasteiger partial charge in [-0.1, -0.05) is 18.2 Å². The van der Waals surface area contributed by atoms with Crippen molar-refractivity contribution >= 4 is 15.8 Å². The number of sulfone groups is 1. The lowest BCUT2D eigenvalue weighted by atomic mass is 10.1. The summed E-state index contributed by atoms with van der Waals surface area (Å²) in [5, 5.41) is 0. The van der Waals surface area contributed by atoms with Gasteiger partial charge >= 0.3 is 5.97 Å². The molecule has 24 heavy (non-hydrogen) atoms. The van der Waals surface area contributed by atoms with E-state index in [1.807, 2.05) is 24.3 Å². The van der Waals surface area contributed by atoms with Crippen LogP contribution in [0.3, 0.4) is 0 Å². The summed E-state index contributed by atoms with van der Waals surface area (Å²) in [6.07, 6.45) is 1.68. The minimum Gasteiger partial charge on any atom is -0.497 e. The number of ether oxygens (including phenoxy) is 2. The van der Waals surface area contributed by atoms with Gasteiger partial charge in [0.1, 0.15) is 5.75 Å². The van der Waals surface area contributed by atoms with E-state index in [9.17, 15) is 13.2 Å². The number of hydrogen-bond acceptors (Lipinski definition) is 5. The number of methoxy groups -OCH3 is 1. The SMILES string of the molecule is COc1ccc(CCOC(=O)c2cc(S(C)(=O)=O)ccc2C)cc1. The Bertz CT molecular complexity index is 823. The molecule has 0 spiro atoms. The highest BCUT2D eigenvalue weighted by Crippen LogP contribution is 2.17. The van der Waals surface area contributed by atoms with Crippen LogP contribution in [0.1, 0.15) is 21.5 Å². The van der Waals surface area contributed by atoms with Gasteiger partial charge in [0.25, 0.3) is 0 Å². The van der Waals surface area contributed by atoms with Gasteiger partial charge in [0.15, 0.2) is 9.84 Å². The minimum absolute atomic E-state index is 0.107. The lowest BCUT2D eigenvalue weighted by Gasteiger charge is -2.09. The van der Waals surface area contributed by atoms with Gasteiger partial charge in [0.05, 0.1) is 24.2 Å². The Balaban J connectivity index is 2.01. The molecule has 2 aromatic carbocycles. The van der Waals surface area contributed by atoms with Gasteiger partial charge in [0, 0.05) is 12.7 Å². The van der Waals surface area contributed by atoms with Crippen molar-refractivity contribution < 1.29 is 22.7 Å². The fourth-order valence-corrected chi connectivity index (χ4v) is 2.83. The van der Waals surface area contributed by atoms with Crippen LogP contribution in [-0.4, -0.2) is 34.4 Å². The summed E-state index contributed by atoms with van der Waals surface area (Å²) >= 11 is 0. The van der Waals surface area contributed by atoms with E-state index < -0.39 is 15.8 Å². The lowest BCUT2D eigenvalue weighted by molar-refractivity contribution is 0.0508. The van der Waals surface area contributed by atoms with Crippen LogP contribution < -0.4 is 4.74 Å². The predicted molar refractivity (Wildman–Crippen MR) is 91.3 cm³/mol. The number of rotatable bonds is 6. The molecule has 0 N–H and O–H groups in total. The van der Waals surface area contributed by atoms with Crippen molar-refractivity contribution in [3.8, 4) is 5.75 Å². The molecule has 0 saturated carbocycles. The third-order valence-corrected chi connectivity index (χ3v) is 4.75. The van der Waals surface area contributed by atoms with E-state index in [4.69, 9.17) is 9.47 Å². The van der Waals surface area contributed by atoms with Crippen LogP contribution in [0.4, 0.5) is 0 Å². The average molecular weight is 348 g/mol. The van der Waals surface area contributed by atoms with Gasteiger partial charge in [-0.15, -0.1) is 0 Å². The molecular formula is C18H20O5S. The second-order valence-corrected chi connectivity index (χ2v) is 7.50. The summed E-state index contributed by atoms with van der Waals surface area (Å²) in [4.78, 5) is 12.3. The summed E-state index contributed by atoms with van der Waals surface area (Å²) in [7, 11) is -1.76. The Kier molecular flexibility index (Phi) is 5.62. The second-order valence-electron chi connectivity index (χ2n) is 5.48. The molecule has 0 saturated heterocycles. The highest BCUT2D eigenvalue weighted by Gasteiger charge is 2.15. The number of hydrogen-bond donors (Lipinski definition) is 0. The smallest absolute Gasteiger partial charge is 0.338 e. The molecule has 0 aliphatic heterocycles. The van der Waals surface area contributed by atoms with Crippen molar-refractivity contribution in [1.82, 2.24) is 0 Å². The highest BCUT2D eigenvalue weighted by atomic mass is 32.2. The van der Waals surface area contributed by atoms with Crippen molar-refractivity contribution in [1.29, 1.82) is 0 Å². The highest BCUT2D eigenvalue weighted by molar-refractivity contribution is 7.90. The third-order valence-electron chi connectivity index (χ3n) is 3.64. The second kappa shape index (κ2) is 7.49. The Morgan fingerprint density at radius 3 is 2.33 bits per heavy atom. The van der Waals surface area contributed by atoms with Gasteiger partial charge in [-0.25, -0.2) is 13.2 Å². The van der Waals surface area contributed by atoms with Crippen LogP contribution in [0.5, 0.6) is 5.75 Å². The molecule has 0 bridgehead atoms. The van der Waals surface area contributed by atoms with Crippen molar-refractivity contribution in [2.24, 2.45) is 0 Å². The number of carbonyl (C=O) groups is 1. The minimum atomic E-state index is -3.37. The molecule has 0 unspecified atom stereocenters. The maximum atomic E-state index is 12.2. The average Bonchev–Trinajstić information content (AvgIpc) is 2.54. The summed E-state index contributed by atoms with van der Waals surface area (Å²) in [6.45, 7) is 1.96. The normalized spacial score (nSPS) is 11.1. The Labute approximate surface area is 142 Å². The van der Waals surface area contributed by atoms with Gasteiger partial charge in [0.2, 0.25) is 0 Å². The first-order chi connectivity index (χ1) is 11.3. The van der Waals surface area contributed by atoms with Gasteiger partial charge in [-0.2, -0.15) is 0 Å². The summed E-state index contributed by atoms with van der Waals surface area (Å²) in [6, 6.07) is 12.0. The third kappa shape index (κ3) is 4.58. The zero-order valence-corrected chi connectivity index (χ0v) is 14.7. The van der Waals surface area contributed by atoms with Crippen LogP contribution in [0.2, 0.25) is 0 Å². The Hall–Kier alpha value is -2.34. The van der Waals surface area contributed by atoms with Crippen LogP contribution in [0, 0.1) is 6.92 Å². The topological polar surface area (TPSA) is 69.7 Å². The van der Waals surface area contributed by atoms with Crippen molar-refractivity contribution in [2.75, 3.05) is 20.0 Å². The van der Waals surface area contributed by atoms with Gasteiger partial charge < -0.3 is 9.47 Å². The molecule has 2 rings (SSSR count). The zero-order chi connectivity index (χ0) is 17.7. The Morgan fingerprint density at radius 2 is 1.75 bits per heavy atom. The summed E-state index contributed by atoms with van der Waals surface area (Å²) in [5.74, 6) is 0.246. The van der Waals surface area contributed by atoms with Crippen LogP contribution in [0.25, 0.3) is 0 Å². The molecule has 0 aliphatic carbocycles. The number of esters is 1. The summed E-state index contributed by atoms with van der Waals surface area (Å²) < 4.78 is 33.6. The fourth-order valence-electron chi connectivity index (χ4n) is 2.18. The van der Waals surface area contributed by atoms with E-state index in [-0.39, 0.29) is 17.1 Å². The van der Waals surface area contributed by atoms with Crippen molar-refractivity contribution in [2.45, 2.75) is 18.2 Å². The molecule has 2 aromatic rings. The number of benzene rings is 2. The van der Waals surface area contributed by atoms with E-state index in [2.05, 4.69) is 0 Å². The Morgan fingerprint density at radius 1 is 1.08 bits per heavy atom. The summed E-state index contributed by atoms with van der Waals surface area (Å²) in [5.41, 5.74) is 1.97. The molecule has 0 fully saturated rings. The molecule has 0 radical (unpaired) electrons. The number of aryl methyl sites for hydroxylation is 1. The predicted octanol–water partition coefficient (Wildman–Crippen LogP) is 2.81. The van der Waals surface area contributed by atoms with E-state index in [0.717, 1.165) is 17.6 Å². The van der Waals surface area contributed by atoms with E-state index in [1.165, 1.54) is 12.1 Å². The molecule has 6 heteroatoms. The molecule has 128 valence electrons.